The van der Waals surface area contributed by atoms with Crippen molar-refractivity contribution in [3.63, 3.8) is 0 Å². The number of hydrogen-bond donors (Lipinski definition) is 1. The Morgan fingerprint density at radius 1 is 1.26 bits per heavy atom. The van der Waals surface area contributed by atoms with E-state index >= 15 is 0 Å². The average molecular weight is 311 g/mol. The molecule has 0 saturated carbocycles. The van der Waals surface area contributed by atoms with Crippen LogP contribution in [0, 0.1) is 6.92 Å². The van der Waals surface area contributed by atoms with Crippen LogP contribution in [0.25, 0.3) is 0 Å². The van der Waals surface area contributed by atoms with E-state index in [0.717, 1.165) is 32.5 Å². The number of likely N-dealkylation sites (tertiary alicyclic amines) is 1. The Morgan fingerprint density at radius 2 is 1.96 bits per heavy atom. The third-order valence-corrected chi connectivity index (χ3v) is 4.39. The molecule has 1 aromatic carbocycles. The van der Waals surface area contributed by atoms with Crippen molar-refractivity contribution >= 4 is 5.97 Å². The molecule has 1 aromatic heterocycles. The highest BCUT2D eigenvalue weighted by Crippen LogP contribution is 2.29. The van der Waals surface area contributed by atoms with Gasteiger partial charge in [-0.2, -0.15) is 0 Å². The van der Waals surface area contributed by atoms with Crippen LogP contribution in [0.2, 0.25) is 0 Å². The normalized spacial score (nSPS) is 16.4. The van der Waals surface area contributed by atoms with Crippen molar-refractivity contribution in [3.8, 4) is 0 Å². The number of aryl methyl sites for hydroxylation is 1. The summed E-state index contributed by atoms with van der Waals surface area (Å²) >= 11 is 0. The van der Waals surface area contributed by atoms with Crippen molar-refractivity contribution in [1.29, 1.82) is 0 Å². The molecule has 5 heteroatoms. The first-order valence-corrected chi connectivity index (χ1v) is 7.96. The van der Waals surface area contributed by atoms with Crippen LogP contribution in [-0.4, -0.2) is 39.0 Å². The van der Waals surface area contributed by atoms with Gasteiger partial charge in [0.2, 0.25) is 0 Å². The van der Waals surface area contributed by atoms with E-state index in [1.165, 1.54) is 11.8 Å². The Balaban J connectivity index is 1.67. The fraction of sp³-hybridized carbons (Fsp3) is 0.389. The Hall–Kier alpha value is -2.27. The summed E-state index contributed by atoms with van der Waals surface area (Å²) in [6.45, 7) is 4.67. The molecule has 2 heterocycles. The van der Waals surface area contributed by atoms with E-state index < -0.39 is 5.97 Å². The van der Waals surface area contributed by atoms with Crippen molar-refractivity contribution in [3.05, 3.63) is 59.2 Å². The zero-order chi connectivity index (χ0) is 16.2. The topological polar surface area (TPSA) is 66.3 Å². The van der Waals surface area contributed by atoms with Gasteiger partial charge in [-0.1, -0.05) is 30.3 Å². The molecular formula is C18H21N3O2. The number of carboxylic acids is 1. The average Bonchev–Trinajstić information content (AvgIpc) is 2.56. The molecule has 0 aliphatic carbocycles. The van der Waals surface area contributed by atoms with Crippen LogP contribution in [0.4, 0.5) is 0 Å². The van der Waals surface area contributed by atoms with Crippen molar-refractivity contribution in [2.24, 2.45) is 0 Å². The summed E-state index contributed by atoms with van der Waals surface area (Å²) in [5, 5.41) is 9.34. The van der Waals surface area contributed by atoms with E-state index in [4.69, 9.17) is 0 Å². The maximum Gasteiger partial charge on any atom is 0.339 e. The number of hydrogen-bond acceptors (Lipinski definition) is 4. The van der Waals surface area contributed by atoms with Gasteiger partial charge in [-0.25, -0.2) is 14.8 Å². The molecule has 1 N–H and O–H groups in total. The minimum absolute atomic E-state index is 0.204. The van der Waals surface area contributed by atoms with Gasteiger partial charge in [-0.15, -0.1) is 0 Å². The second-order valence-electron chi connectivity index (χ2n) is 6.06. The summed E-state index contributed by atoms with van der Waals surface area (Å²) in [6, 6.07) is 10.4. The number of benzene rings is 1. The lowest BCUT2D eigenvalue weighted by molar-refractivity contribution is 0.0693. The van der Waals surface area contributed by atoms with Gasteiger partial charge in [-0.3, -0.25) is 4.90 Å². The highest BCUT2D eigenvalue weighted by atomic mass is 16.4. The Labute approximate surface area is 136 Å². The van der Waals surface area contributed by atoms with E-state index in [1.807, 2.05) is 6.07 Å². The highest BCUT2D eigenvalue weighted by molar-refractivity contribution is 5.88. The molecule has 3 rings (SSSR count). The zero-order valence-corrected chi connectivity index (χ0v) is 13.3. The van der Waals surface area contributed by atoms with E-state index in [9.17, 15) is 9.90 Å². The van der Waals surface area contributed by atoms with E-state index in [-0.39, 0.29) is 11.5 Å². The molecule has 0 bridgehead atoms. The molecule has 120 valence electrons. The number of nitrogens with zero attached hydrogens (tertiary/aromatic N) is 3. The van der Waals surface area contributed by atoms with Crippen molar-refractivity contribution in [2.45, 2.75) is 32.2 Å². The van der Waals surface area contributed by atoms with Crippen molar-refractivity contribution < 1.29 is 9.90 Å². The number of carboxylic acid groups (broad SMARTS) is 1. The molecule has 0 spiro atoms. The first kappa shape index (κ1) is 15.6. The largest absolute Gasteiger partial charge is 0.478 e. The van der Waals surface area contributed by atoms with Gasteiger partial charge in [0, 0.05) is 18.7 Å². The number of carbonyl (C=O) groups is 1. The summed E-state index contributed by atoms with van der Waals surface area (Å²) in [5.74, 6) is -0.0988. The number of aromatic carboxylic acids is 1. The molecule has 0 atom stereocenters. The van der Waals surface area contributed by atoms with E-state index in [0.29, 0.717) is 11.5 Å². The number of piperidine rings is 1. The van der Waals surface area contributed by atoms with Crippen LogP contribution in [0.3, 0.4) is 0 Å². The molecule has 1 saturated heterocycles. The lowest BCUT2D eigenvalue weighted by Crippen LogP contribution is -2.33. The molecule has 23 heavy (non-hydrogen) atoms. The fourth-order valence-electron chi connectivity index (χ4n) is 3.17. The molecule has 0 unspecified atom stereocenters. The minimum atomic E-state index is -0.938. The summed E-state index contributed by atoms with van der Waals surface area (Å²) in [7, 11) is 0. The summed E-state index contributed by atoms with van der Waals surface area (Å²) < 4.78 is 0. The SMILES string of the molecule is Cc1ncc(C(=O)O)c(C2CCN(Cc3ccccc3)CC2)n1. The monoisotopic (exact) mass is 311 g/mol. The predicted molar refractivity (Wildman–Crippen MR) is 87.4 cm³/mol. The van der Waals surface area contributed by atoms with Gasteiger partial charge in [0.25, 0.3) is 0 Å². The molecule has 0 amide bonds. The molecular weight excluding hydrogens is 290 g/mol. The second kappa shape index (κ2) is 6.87. The van der Waals surface area contributed by atoms with Crippen LogP contribution >= 0.6 is 0 Å². The molecule has 2 aromatic rings. The Bertz CT molecular complexity index is 680. The summed E-state index contributed by atoms with van der Waals surface area (Å²) in [4.78, 5) is 22.2. The maximum atomic E-state index is 11.4. The van der Waals surface area contributed by atoms with Gasteiger partial charge in [0.1, 0.15) is 5.82 Å². The van der Waals surface area contributed by atoms with Gasteiger partial charge in [0.15, 0.2) is 0 Å². The van der Waals surface area contributed by atoms with Gasteiger partial charge >= 0.3 is 5.97 Å². The van der Waals surface area contributed by atoms with Crippen molar-refractivity contribution in [1.82, 2.24) is 14.9 Å². The molecule has 1 fully saturated rings. The van der Waals surface area contributed by atoms with Gasteiger partial charge in [-0.05, 0) is 38.4 Å². The van der Waals surface area contributed by atoms with Crippen LogP contribution in [0.1, 0.15) is 46.2 Å². The first-order valence-electron chi connectivity index (χ1n) is 7.96. The molecule has 5 nitrogen and oxygen atoms in total. The Morgan fingerprint density at radius 3 is 2.61 bits per heavy atom. The maximum absolute atomic E-state index is 11.4. The number of aromatic nitrogens is 2. The highest BCUT2D eigenvalue weighted by Gasteiger charge is 2.26. The van der Waals surface area contributed by atoms with Crippen molar-refractivity contribution in [2.75, 3.05) is 13.1 Å². The quantitative estimate of drug-likeness (QED) is 0.940. The predicted octanol–water partition coefficient (Wildman–Crippen LogP) is 2.86. The van der Waals surface area contributed by atoms with Gasteiger partial charge in [0.05, 0.1) is 11.3 Å². The lowest BCUT2D eigenvalue weighted by Gasteiger charge is -2.32. The minimum Gasteiger partial charge on any atom is -0.478 e. The third kappa shape index (κ3) is 3.74. The van der Waals surface area contributed by atoms with Gasteiger partial charge < -0.3 is 5.11 Å². The molecule has 0 radical (unpaired) electrons. The molecule has 1 aliphatic heterocycles. The van der Waals surface area contributed by atoms with E-state index in [2.05, 4.69) is 39.1 Å². The second-order valence-corrected chi connectivity index (χ2v) is 6.06. The molecule has 1 aliphatic rings. The first-order chi connectivity index (χ1) is 11.1. The van der Waals surface area contributed by atoms with Crippen LogP contribution < -0.4 is 0 Å². The third-order valence-electron chi connectivity index (χ3n) is 4.39. The number of rotatable bonds is 4. The van der Waals surface area contributed by atoms with E-state index in [1.54, 1.807) is 6.92 Å². The lowest BCUT2D eigenvalue weighted by atomic mass is 9.90. The smallest absolute Gasteiger partial charge is 0.339 e. The standard InChI is InChI=1S/C18H21N3O2/c1-13-19-11-16(18(22)23)17(20-13)15-7-9-21(10-8-15)12-14-5-3-2-4-6-14/h2-6,11,15H,7-10,12H2,1H3,(H,22,23). The Kier molecular flexibility index (Phi) is 4.67. The van der Waals surface area contributed by atoms with Crippen LogP contribution in [0.5, 0.6) is 0 Å². The zero-order valence-electron chi connectivity index (χ0n) is 13.3. The summed E-state index contributed by atoms with van der Waals surface area (Å²) in [5.41, 5.74) is 2.26. The fourth-order valence-corrected chi connectivity index (χ4v) is 3.17. The van der Waals surface area contributed by atoms with Crippen LogP contribution in [0.15, 0.2) is 36.5 Å². The van der Waals surface area contributed by atoms with Crippen LogP contribution in [-0.2, 0) is 6.54 Å². The summed E-state index contributed by atoms with van der Waals surface area (Å²) in [6.07, 6.45) is 3.31.